The molecule has 5 rings (SSSR count). The van der Waals surface area contributed by atoms with Gasteiger partial charge in [0.2, 0.25) is 15.9 Å². The summed E-state index contributed by atoms with van der Waals surface area (Å²) in [5, 5.41) is 3.12. The van der Waals surface area contributed by atoms with Crippen molar-refractivity contribution in [1.29, 1.82) is 0 Å². The van der Waals surface area contributed by atoms with Crippen LogP contribution in [0.4, 0.5) is 31.5 Å². The van der Waals surface area contributed by atoms with Crippen LogP contribution in [0.25, 0.3) is 10.3 Å². The van der Waals surface area contributed by atoms with Crippen LogP contribution >= 0.6 is 11.3 Å². The first-order valence-corrected chi connectivity index (χ1v) is 14.9. The van der Waals surface area contributed by atoms with E-state index in [1.165, 1.54) is 23.5 Å². The molecule has 0 unspecified atom stereocenters. The number of piperazine rings is 1. The van der Waals surface area contributed by atoms with E-state index in [0.29, 0.717) is 21.0 Å². The lowest BCUT2D eigenvalue weighted by molar-refractivity contribution is -0.275. The summed E-state index contributed by atoms with van der Waals surface area (Å²) in [6, 6.07) is 10.5. The fourth-order valence-corrected chi connectivity index (χ4v) is 6.91. The summed E-state index contributed by atoms with van der Waals surface area (Å²) >= 11 is 1.25. The Balaban J connectivity index is 1.37. The number of carbonyl (C=O) groups is 1. The maximum atomic E-state index is 13.6. The number of nitrogens with one attached hydrogen (secondary N) is 1. The minimum Gasteiger partial charge on any atom is -0.406 e. The van der Waals surface area contributed by atoms with E-state index in [-0.39, 0.29) is 31.1 Å². The molecule has 1 saturated heterocycles. The second kappa shape index (κ2) is 12.1. The molecule has 0 aliphatic carbocycles. The normalized spacial score (nSPS) is 16.6. The molecule has 4 aromatic rings. The van der Waals surface area contributed by atoms with Crippen molar-refractivity contribution in [3.63, 3.8) is 0 Å². The molecule has 1 aliphatic rings. The summed E-state index contributed by atoms with van der Waals surface area (Å²) in [6.45, 7) is -0.310. The second-order valence-electron chi connectivity index (χ2n) is 9.33. The highest BCUT2D eigenvalue weighted by Gasteiger charge is 2.41. The zero-order chi connectivity index (χ0) is 31.7. The maximum Gasteiger partial charge on any atom is 0.573 e. The van der Waals surface area contributed by atoms with Crippen LogP contribution in [0, 0.1) is 0 Å². The van der Waals surface area contributed by atoms with Gasteiger partial charge in [0.1, 0.15) is 27.9 Å². The molecule has 2 aromatic heterocycles. The maximum absolute atomic E-state index is 13.6. The number of anilines is 1. The Morgan fingerprint density at radius 2 is 1.55 bits per heavy atom. The third-order valence-electron chi connectivity index (χ3n) is 6.35. The predicted octanol–water partition coefficient (Wildman–Crippen LogP) is 4.68. The van der Waals surface area contributed by atoms with Crippen LogP contribution in [0.1, 0.15) is 5.56 Å². The minimum absolute atomic E-state index is 0.126. The topological polar surface area (TPSA) is 114 Å². The number of rotatable bonds is 8. The summed E-state index contributed by atoms with van der Waals surface area (Å²) in [5.41, 5.74) is 1.02. The van der Waals surface area contributed by atoms with Crippen LogP contribution in [0.5, 0.6) is 11.5 Å². The monoisotopic (exact) mass is 661 g/mol. The lowest BCUT2D eigenvalue weighted by Gasteiger charge is -2.39. The Hall–Kier alpha value is -4.16. The lowest BCUT2D eigenvalue weighted by atomic mass is 10.1. The molecule has 1 fully saturated rings. The number of hydrogen-bond acceptors (Lipinski definition) is 9. The quantitative estimate of drug-likeness (QED) is 0.271. The van der Waals surface area contributed by atoms with Crippen molar-refractivity contribution in [3.05, 3.63) is 72.4 Å². The van der Waals surface area contributed by atoms with Crippen molar-refractivity contribution in [2.45, 2.75) is 30.2 Å². The molecule has 1 aliphatic heterocycles. The van der Waals surface area contributed by atoms with E-state index in [4.69, 9.17) is 0 Å². The van der Waals surface area contributed by atoms with Crippen molar-refractivity contribution in [3.8, 4) is 11.5 Å². The van der Waals surface area contributed by atoms with Crippen molar-refractivity contribution < 1.29 is 49.0 Å². The highest BCUT2D eigenvalue weighted by molar-refractivity contribution is 7.89. The number of alkyl halides is 6. The van der Waals surface area contributed by atoms with E-state index >= 15 is 0 Å². The third kappa shape index (κ3) is 7.48. The van der Waals surface area contributed by atoms with E-state index < -0.39 is 46.2 Å². The van der Waals surface area contributed by atoms with Crippen LogP contribution in [0.15, 0.2) is 71.8 Å². The van der Waals surface area contributed by atoms with Gasteiger partial charge in [-0.3, -0.25) is 4.79 Å². The molecular weight excluding hydrogens is 640 g/mol. The highest BCUT2D eigenvalue weighted by atomic mass is 32.2. The molecule has 0 radical (unpaired) electrons. The summed E-state index contributed by atoms with van der Waals surface area (Å²) in [6.07, 6.45) is -8.25. The van der Waals surface area contributed by atoms with Crippen molar-refractivity contribution >= 4 is 42.7 Å². The van der Waals surface area contributed by atoms with Gasteiger partial charge in [-0.25, -0.2) is 18.4 Å². The molecule has 1 N–H and O–H groups in total. The number of nitrogens with zero attached hydrogens (tertiary/aromatic N) is 4. The van der Waals surface area contributed by atoms with Crippen LogP contribution in [0.3, 0.4) is 0 Å². The Morgan fingerprint density at radius 3 is 2.14 bits per heavy atom. The molecule has 18 heteroatoms. The average Bonchev–Trinajstić information content (AvgIpc) is 3.39. The van der Waals surface area contributed by atoms with Gasteiger partial charge in [0, 0.05) is 32.4 Å². The van der Waals surface area contributed by atoms with Gasteiger partial charge in [0.15, 0.2) is 5.13 Å². The summed E-state index contributed by atoms with van der Waals surface area (Å²) in [4.78, 5) is 24.3. The number of thiazole rings is 1. The van der Waals surface area contributed by atoms with Gasteiger partial charge in [0.25, 0.3) is 0 Å². The van der Waals surface area contributed by atoms with Crippen LogP contribution in [-0.4, -0.2) is 67.0 Å². The number of pyridine rings is 1. The molecule has 1 amide bonds. The Kier molecular flexibility index (Phi) is 8.59. The minimum atomic E-state index is -4.97. The number of carbonyl (C=O) groups excluding carboxylic acids is 1. The number of amides is 1. The van der Waals surface area contributed by atoms with Crippen molar-refractivity contribution in [2.75, 3.05) is 24.5 Å². The summed E-state index contributed by atoms with van der Waals surface area (Å²) in [5.74, 6) is -1.79. The number of halogens is 6. The van der Waals surface area contributed by atoms with Gasteiger partial charge < -0.3 is 19.7 Å². The molecule has 3 heterocycles. The van der Waals surface area contributed by atoms with Crippen LogP contribution in [-0.2, 0) is 21.4 Å². The lowest BCUT2D eigenvalue weighted by Crippen LogP contribution is -2.60. The fourth-order valence-electron chi connectivity index (χ4n) is 4.40. The molecule has 0 saturated carbocycles. The van der Waals surface area contributed by atoms with Gasteiger partial charge in [-0.1, -0.05) is 23.5 Å². The zero-order valence-corrected chi connectivity index (χ0v) is 23.8. The number of fused-ring (bicyclic) bond motifs is 1. The van der Waals surface area contributed by atoms with E-state index in [0.717, 1.165) is 40.7 Å². The molecule has 44 heavy (non-hydrogen) atoms. The molecule has 0 spiro atoms. The third-order valence-corrected chi connectivity index (χ3v) is 9.31. The first kappa shape index (κ1) is 31.3. The van der Waals surface area contributed by atoms with Crippen LogP contribution in [0.2, 0.25) is 0 Å². The molecule has 234 valence electrons. The number of sulfonamides is 1. The predicted molar refractivity (Wildman–Crippen MR) is 145 cm³/mol. The molecule has 10 nitrogen and oxygen atoms in total. The number of benzene rings is 2. The Bertz CT molecular complexity index is 1700. The zero-order valence-electron chi connectivity index (χ0n) is 22.2. The van der Waals surface area contributed by atoms with Crippen molar-refractivity contribution in [2.24, 2.45) is 0 Å². The summed E-state index contributed by atoms with van der Waals surface area (Å²) < 4.78 is 111. The second-order valence-corrected chi connectivity index (χ2v) is 12.2. The van der Waals surface area contributed by atoms with Gasteiger partial charge in [-0.15, -0.1) is 26.3 Å². The van der Waals surface area contributed by atoms with Gasteiger partial charge in [-0.05, 0) is 54.1 Å². The van der Waals surface area contributed by atoms with E-state index in [9.17, 15) is 39.6 Å². The van der Waals surface area contributed by atoms with Crippen molar-refractivity contribution in [1.82, 2.24) is 19.6 Å². The van der Waals surface area contributed by atoms with E-state index in [1.807, 2.05) is 0 Å². The smallest absolute Gasteiger partial charge is 0.406 e. The standard InChI is InChI=1S/C26H21F6N5O5S2/c27-25(28,29)41-17-5-3-16(4-6-17)14-34-22(38)21-15-36(24-35-20-2-1-11-33-23(20)43-24)12-13-37(21)44(39,40)19-9-7-18(8-10-19)42-26(30,31)32/h1-11,21H,12-15H2,(H,34,38)/t21-/m1/s1. The van der Waals surface area contributed by atoms with Gasteiger partial charge in [-0.2, -0.15) is 4.31 Å². The average molecular weight is 662 g/mol. The molecule has 2 aromatic carbocycles. The first-order valence-electron chi connectivity index (χ1n) is 12.6. The SMILES string of the molecule is O=C(NCc1ccc(OC(F)(F)F)cc1)[C@H]1CN(c2nc3cccnc3s2)CCN1S(=O)(=O)c1ccc(OC(F)(F)F)cc1. The number of ether oxygens (including phenoxy) is 2. The molecule has 1 atom stereocenters. The van der Waals surface area contributed by atoms with E-state index in [2.05, 4.69) is 24.8 Å². The van der Waals surface area contributed by atoms with Crippen LogP contribution < -0.4 is 19.7 Å². The van der Waals surface area contributed by atoms with E-state index in [1.54, 1.807) is 23.2 Å². The largest absolute Gasteiger partial charge is 0.573 e. The fraction of sp³-hybridized carbons (Fsp3) is 0.269. The Morgan fingerprint density at radius 1 is 0.932 bits per heavy atom. The number of hydrogen-bond donors (Lipinski definition) is 1. The van der Waals surface area contributed by atoms with Gasteiger partial charge >= 0.3 is 12.7 Å². The summed E-state index contributed by atoms with van der Waals surface area (Å²) in [7, 11) is -4.40. The molecular formula is C26H21F6N5O5S2. The first-order chi connectivity index (χ1) is 20.7. The highest BCUT2D eigenvalue weighted by Crippen LogP contribution is 2.31. The molecule has 0 bridgehead atoms. The number of aromatic nitrogens is 2. The Labute approximate surface area is 249 Å². The van der Waals surface area contributed by atoms with Gasteiger partial charge in [0.05, 0.1) is 4.90 Å².